The van der Waals surface area contributed by atoms with E-state index in [-0.39, 0.29) is 12.6 Å². The molecule has 84 valence electrons. The lowest BCUT2D eigenvalue weighted by Crippen LogP contribution is -2.50. The van der Waals surface area contributed by atoms with Crippen LogP contribution in [0.5, 0.6) is 0 Å². The SMILES string of the molecule is COCCN(C(C)C)C(CN)C(=O)O. The van der Waals surface area contributed by atoms with Crippen molar-refractivity contribution in [2.24, 2.45) is 5.73 Å². The molecule has 0 radical (unpaired) electrons. The normalized spacial score (nSPS) is 13.6. The van der Waals surface area contributed by atoms with Crippen molar-refractivity contribution in [3.8, 4) is 0 Å². The van der Waals surface area contributed by atoms with E-state index in [2.05, 4.69) is 0 Å². The van der Waals surface area contributed by atoms with E-state index in [9.17, 15) is 4.79 Å². The molecular formula is C9H20N2O3. The van der Waals surface area contributed by atoms with Crippen molar-refractivity contribution >= 4 is 5.97 Å². The average molecular weight is 204 g/mol. The van der Waals surface area contributed by atoms with Gasteiger partial charge in [-0.1, -0.05) is 0 Å². The van der Waals surface area contributed by atoms with E-state index >= 15 is 0 Å². The van der Waals surface area contributed by atoms with Crippen LogP contribution in [0.3, 0.4) is 0 Å². The van der Waals surface area contributed by atoms with Gasteiger partial charge in [-0.15, -0.1) is 0 Å². The van der Waals surface area contributed by atoms with Gasteiger partial charge < -0.3 is 15.6 Å². The largest absolute Gasteiger partial charge is 0.480 e. The van der Waals surface area contributed by atoms with Crippen LogP contribution in [0.4, 0.5) is 0 Å². The smallest absolute Gasteiger partial charge is 0.322 e. The summed E-state index contributed by atoms with van der Waals surface area (Å²) < 4.78 is 4.92. The van der Waals surface area contributed by atoms with Crippen LogP contribution in [-0.4, -0.2) is 54.9 Å². The molecule has 0 heterocycles. The molecule has 0 rings (SSSR count). The highest BCUT2D eigenvalue weighted by molar-refractivity contribution is 5.73. The number of carboxylic acid groups (broad SMARTS) is 1. The zero-order valence-corrected chi connectivity index (χ0v) is 9.06. The number of rotatable bonds is 7. The second-order valence-electron chi connectivity index (χ2n) is 3.41. The number of carboxylic acids is 1. The molecule has 3 N–H and O–H groups in total. The third-order valence-corrected chi connectivity index (χ3v) is 2.13. The van der Waals surface area contributed by atoms with Crippen LogP contribution in [0.2, 0.25) is 0 Å². The molecule has 0 spiro atoms. The number of methoxy groups -OCH3 is 1. The molecule has 0 aliphatic heterocycles. The number of hydrogen-bond acceptors (Lipinski definition) is 4. The molecule has 5 heteroatoms. The lowest BCUT2D eigenvalue weighted by atomic mass is 10.2. The van der Waals surface area contributed by atoms with Gasteiger partial charge >= 0.3 is 5.97 Å². The lowest BCUT2D eigenvalue weighted by Gasteiger charge is -2.31. The molecule has 0 aliphatic carbocycles. The highest BCUT2D eigenvalue weighted by atomic mass is 16.5. The first-order valence-corrected chi connectivity index (χ1v) is 4.72. The molecule has 0 aromatic heterocycles. The van der Waals surface area contributed by atoms with Crippen molar-refractivity contribution in [1.29, 1.82) is 0 Å². The number of nitrogens with zero attached hydrogens (tertiary/aromatic N) is 1. The topological polar surface area (TPSA) is 75.8 Å². The van der Waals surface area contributed by atoms with Crippen molar-refractivity contribution in [2.45, 2.75) is 25.9 Å². The zero-order chi connectivity index (χ0) is 11.1. The van der Waals surface area contributed by atoms with Gasteiger partial charge in [0.15, 0.2) is 0 Å². The van der Waals surface area contributed by atoms with E-state index in [0.717, 1.165) is 0 Å². The Bertz CT molecular complexity index is 173. The molecule has 0 aliphatic rings. The quantitative estimate of drug-likeness (QED) is 0.598. The van der Waals surface area contributed by atoms with Crippen LogP contribution in [0.15, 0.2) is 0 Å². The number of hydrogen-bond donors (Lipinski definition) is 2. The van der Waals surface area contributed by atoms with Crippen LogP contribution in [0.25, 0.3) is 0 Å². The Morgan fingerprint density at radius 3 is 2.43 bits per heavy atom. The molecule has 0 saturated carbocycles. The summed E-state index contributed by atoms with van der Waals surface area (Å²) in [6.07, 6.45) is 0. The van der Waals surface area contributed by atoms with E-state index in [1.807, 2.05) is 18.7 Å². The van der Waals surface area contributed by atoms with Crippen molar-refractivity contribution in [3.63, 3.8) is 0 Å². The first-order valence-electron chi connectivity index (χ1n) is 4.72. The van der Waals surface area contributed by atoms with Crippen LogP contribution in [0, 0.1) is 0 Å². The Morgan fingerprint density at radius 2 is 2.14 bits per heavy atom. The van der Waals surface area contributed by atoms with Crippen molar-refractivity contribution in [3.05, 3.63) is 0 Å². The standard InChI is InChI=1S/C9H20N2O3/c1-7(2)11(4-5-14-3)8(6-10)9(12)13/h7-8H,4-6,10H2,1-3H3,(H,12,13). The molecule has 0 aromatic rings. The molecule has 5 nitrogen and oxygen atoms in total. The molecule has 0 bridgehead atoms. The Morgan fingerprint density at radius 1 is 1.57 bits per heavy atom. The van der Waals surface area contributed by atoms with Crippen molar-refractivity contribution in [2.75, 3.05) is 26.8 Å². The first-order chi connectivity index (χ1) is 6.54. The summed E-state index contributed by atoms with van der Waals surface area (Å²) in [6, 6.07) is -0.472. The van der Waals surface area contributed by atoms with Crippen molar-refractivity contribution < 1.29 is 14.6 Å². The Kier molecular flexibility index (Phi) is 6.44. The molecule has 1 unspecified atom stereocenters. The second-order valence-corrected chi connectivity index (χ2v) is 3.41. The number of nitrogens with two attached hydrogens (primary N) is 1. The summed E-state index contributed by atoms with van der Waals surface area (Å²) in [6.45, 7) is 5.12. The summed E-state index contributed by atoms with van der Waals surface area (Å²) in [7, 11) is 1.59. The maximum absolute atomic E-state index is 10.9. The lowest BCUT2D eigenvalue weighted by molar-refractivity contribution is -0.143. The Hall–Kier alpha value is -0.650. The summed E-state index contributed by atoms with van der Waals surface area (Å²) in [4.78, 5) is 12.7. The number of aliphatic carboxylic acids is 1. The van der Waals surface area contributed by atoms with E-state index in [4.69, 9.17) is 15.6 Å². The van der Waals surface area contributed by atoms with Crippen LogP contribution < -0.4 is 5.73 Å². The fourth-order valence-corrected chi connectivity index (χ4v) is 1.35. The van der Waals surface area contributed by atoms with Gasteiger partial charge in [0.25, 0.3) is 0 Å². The van der Waals surface area contributed by atoms with Gasteiger partial charge in [0.1, 0.15) is 6.04 Å². The molecule has 1 atom stereocenters. The van der Waals surface area contributed by atoms with Gasteiger partial charge in [-0.05, 0) is 13.8 Å². The first kappa shape index (κ1) is 13.4. The number of ether oxygens (including phenoxy) is 1. The predicted octanol–water partition coefficient (Wildman–Crippen LogP) is -0.245. The van der Waals surface area contributed by atoms with E-state index in [0.29, 0.717) is 13.2 Å². The fourth-order valence-electron chi connectivity index (χ4n) is 1.35. The molecule has 0 fully saturated rings. The third-order valence-electron chi connectivity index (χ3n) is 2.13. The van der Waals surface area contributed by atoms with Crippen LogP contribution >= 0.6 is 0 Å². The van der Waals surface area contributed by atoms with Gasteiger partial charge in [-0.25, -0.2) is 0 Å². The van der Waals surface area contributed by atoms with Crippen LogP contribution in [-0.2, 0) is 9.53 Å². The summed E-state index contributed by atoms with van der Waals surface area (Å²) in [5.41, 5.74) is 5.42. The molecule has 0 saturated heterocycles. The molecule has 0 aromatic carbocycles. The molecule has 0 amide bonds. The maximum Gasteiger partial charge on any atom is 0.322 e. The average Bonchev–Trinajstić information content (AvgIpc) is 2.10. The van der Waals surface area contributed by atoms with Crippen molar-refractivity contribution in [1.82, 2.24) is 4.90 Å². The van der Waals surface area contributed by atoms with Gasteiger partial charge in [0.05, 0.1) is 6.61 Å². The second kappa shape index (κ2) is 6.75. The monoisotopic (exact) mass is 204 g/mol. The van der Waals surface area contributed by atoms with E-state index in [1.165, 1.54) is 0 Å². The highest BCUT2D eigenvalue weighted by Crippen LogP contribution is 2.04. The van der Waals surface area contributed by atoms with Gasteiger partial charge in [0.2, 0.25) is 0 Å². The van der Waals surface area contributed by atoms with Crippen LogP contribution in [0.1, 0.15) is 13.8 Å². The zero-order valence-electron chi connectivity index (χ0n) is 9.06. The summed E-state index contributed by atoms with van der Waals surface area (Å²) in [5.74, 6) is -0.877. The summed E-state index contributed by atoms with van der Waals surface area (Å²) in [5, 5.41) is 8.93. The predicted molar refractivity (Wildman–Crippen MR) is 54.2 cm³/mol. The van der Waals surface area contributed by atoms with Gasteiger partial charge in [-0.3, -0.25) is 9.69 Å². The van der Waals surface area contributed by atoms with E-state index in [1.54, 1.807) is 7.11 Å². The maximum atomic E-state index is 10.9. The molecular weight excluding hydrogens is 184 g/mol. The Balaban J connectivity index is 4.35. The molecule has 14 heavy (non-hydrogen) atoms. The minimum Gasteiger partial charge on any atom is -0.480 e. The fraction of sp³-hybridized carbons (Fsp3) is 0.889. The van der Waals surface area contributed by atoms with E-state index < -0.39 is 12.0 Å². The minimum atomic E-state index is -0.877. The highest BCUT2D eigenvalue weighted by Gasteiger charge is 2.25. The number of carbonyl (C=O) groups is 1. The summed E-state index contributed by atoms with van der Waals surface area (Å²) >= 11 is 0. The third kappa shape index (κ3) is 4.04. The minimum absolute atomic E-state index is 0.122. The van der Waals surface area contributed by atoms with Gasteiger partial charge in [-0.2, -0.15) is 0 Å². The van der Waals surface area contributed by atoms with Gasteiger partial charge in [0, 0.05) is 26.2 Å². The Labute approximate surface area is 84.8 Å².